The van der Waals surface area contributed by atoms with Crippen molar-refractivity contribution in [3.63, 3.8) is 0 Å². The fourth-order valence-corrected chi connectivity index (χ4v) is 0.745. The summed E-state index contributed by atoms with van der Waals surface area (Å²) in [6.45, 7) is 0.434. The van der Waals surface area contributed by atoms with Crippen LogP contribution >= 0.6 is 0 Å². The molecule has 2 amide bonds. The Morgan fingerprint density at radius 3 is 2.75 bits per heavy atom. The molecule has 0 atom stereocenters. The van der Waals surface area contributed by atoms with Crippen molar-refractivity contribution >= 4 is 11.8 Å². The quantitative estimate of drug-likeness (QED) is 0.578. The molecule has 0 bridgehead atoms. The Labute approximate surface area is 69.8 Å². The lowest BCUT2D eigenvalue weighted by atomic mass is 10.3. The molecule has 0 aliphatic rings. The van der Waals surface area contributed by atoms with Gasteiger partial charge in [0.25, 0.3) is 0 Å². The van der Waals surface area contributed by atoms with Gasteiger partial charge in [-0.3, -0.25) is 5.32 Å². The standard InChI is InChI=1S/C7H10N4O/c8-3-5-1-2-6(10-4-5)11-7(9)12/h1-2,4H,3,8H2,(H3,9,10,11,12). The fraction of sp³-hybridized carbons (Fsp3) is 0.143. The van der Waals surface area contributed by atoms with E-state index in [0.29, 0.717) is 12.4 Å². The zero-order valence-corrected chi connectivity index (χ0v) is 6.45. The second-order valence-corrected chi connectivity index (χ2v) is 2.25. The molecule has 0 saturated carbocycles. The average Bonchev–Trinajstić information content (AvgIpc) is 2.05. The summed E-state index contributed by atoms with van der Waals surface area (Å²) in [4.78, 5) is 14.3. The van der Waals surface area contributed by atoms with Crippen LogP contribution in [-0.4, -0.2) is 11.0 Å². The van der Waals surface area contributed by atoms with Gasteiger partial charge in [-0.1, -0.05) is 6.07 Å². The predicted molar refractivity (Wildman–Crippen MR) is 45.3 cm³/mol. The third-order valence-electron chi connectivity index (χ3n) is 1.31. The molecule has 0 unspecified atom stereocenters. The zero-order chi connectivity index (χ0) is 8.97. The van der Waals surface area contributed by atoms with Gasteiger partial charge in [-0.05, 0) is 11.6 Å². The van der Waals surface area contributed by atoms with Gasteiger partial charge in [-0.2, -0.15) is 0 Å². The highest BCUT2D eigenvalue weighted by atomic mass is 16.2. The topological polar surface area (TPSA) is 94.0 Å². The lowest BCUT2D eigenvalue weighted by Crippen LogP contribution is -2.19. The van der Waals surface area contributed by atoms with Crippen molar-refractivity contribution in [2.45, 2.75) is 6.54 Å². The van der Waals surface area contributed by atoms with Gasteiger partial charge in [0, 0.05) is 12.7 Å². The number of aromatic nitrogens is 1. The molecule has 1 aromatic heterocycles. The van der Waals surface area contributed by atoms with Crippen LogP contribution in [0.1, 0.15) is 5.56 Å². The predicted octanol–water partition coefficient (Wildman–Crippen LogP) is 0.0309. The minimum absolute atomic E-state index is 0.430. The number of primary amides is 1. The number of carbonyl (C=O) groups is 1. The Bertz CT molecular complexity index is 269. The number of amides is 2. The van der Waals surface area contributed by atoms with Crippen molar-refractivity contribution in [2.24, 2.45) is 11.5 Å². The second kappa shape index (κ2) is 3.68. The Balaban J connectivity index is 2.71. The summed E-state index contributed by atoms with van der Waals surface area (Å²) in [6.07, 6.45) is 1.59. The van der Waals surface area contributed by atoms with Gasteiger partial charge < -0.3 is 11.5 Å². The number of hydrogen-bond donors (Lipinski definition) is 3. The van der Waals surface area contributed by atoms with E-state index in [4.69, 9.17) is 11.5 Å². The van der Waals surface area contributed by atoms with E-state index in [2.05, 4.69) is 10.3 Å². The lowest BCUT2D eigenvalue weighted by molar-refractivity contribution is 0.259. The van der Waals surface area contributed by atoms with Gasteiger partial charge in [0.15, 0.2) is 0 Å². The Morgan fingerprint density at radius 1 is 1.58 bits per heavy atom. The largest absolute Gasteiger partial charge is 0.351 e. The molecular weight excluding hydrogens is 156 g/mol. The molecule has 64 valence electrons. The average molecular weight is 166 g/mol. The molecule has 5 heteroatoms. The first kappa shape index (κ1) is 8.48. The van der Waals surface area contributed by atoms with E-state index in [1.807, 2.05) is 0 Å². The molecule has 0 spiro atoms. The maximum atomic E-state index is 10.4. The fourth-order valence-electron chi connectivity index (χ4n) is 0.745. The van der Waals surface area contributed by atoms with Crippen molar-refractivity contribution in [2.75, 3.05) is 5.32 Å². The van der Waals surface area contributed by atoms with Gasteiger partial charge in [-0.15, -0.1) is 0 Å². The molecule has 1 rings (SSSR count). The van der Waals surface area contributed by atoms with Crippen LogP contribution in [0.5, 0.6) is 0 Å². The van der Waals surface area contributed by atoms with Crippen molar-refractivity contribution in [1.29, 1.82) is 0 Å². The summed E-state index contributed by atoms with van der Waals surface area (Å²) in [5.74, 6) is 0.430. The number of nitrogens with two attached hydrogens (primary N) is 2. The first-order chi connectivity index (χ1) is 5.72. The maximum absolute atomic E-state index is 10.4. The zero-order valence-electron chi connectivity index (χ0n) is 6.45. The SMILES string of the molecule is NCc1ccc(NC(N)=O)nc1. The van der Waals surface area contributed by atoms with Gasteiger partial charge in [0.2, 0.25) is 0 Å². The summed E-state index contributed by atoms with van der Waals surface area (Å²) in [5, 5.41) is 2.34. The molecule has 0 aromatic carbocycles. The van der Waals surface area contributed by atoms with Crippen molar-refractivity contribution < 1.29 is 4.79 Å². The van der Waals surface area contributed by atoms with Gasteiger partial charge >= 0.3 is 6.03 Å². The molecule has 1 aromatic rings. The van der Waals surface area contributed by atoms with E-state index in [1.54, 1.807) is 18.3 Å². The van der Waals surface area contributed by atoms with Crippen LogP contribution in [0.2, 0.25) is 0 Å². The minimum Gasteiger partial charge on any atom is -0.351 e. The minimum atomic E-state index is -0.622. The van der Waals surface area contributed by atoms with Crippen LogP contribution < -0.4 is 16.8 Å². The van der Waals surface area contributed by atoms with Crippen molar-refractivity contribution in [3.05, 3.63) is 23.9 Å². The monoisotopic (exact) mass is 166 g/mol. The highest BCUT2D eigenvalue weighted by Gasteiger charge is 1.96. The molecule has 0 fully saturated rings. The van der Waals surface area contributed by atoms with Gasteiger partial charge in [0.1, 0.15) is 5.82 Å². The van der Waals surface area contributed by atoms with Gasteiger partial charge in [-0.25, -0.2) is 9.78 Å². The third kappa shape index (κ3) is 2.21. The maximum Gasteiger partial charge on any atom is 0.317 e. The number of nitrogens with zero attached hydrogens (tertiary/aromatic N) is 1. The number of urea groups is 1. The number of anilines is 1. The van der Waals surface area contributed by atoms with E-state index in [9.17, 15) is 4.79 Å². The molecule has 0 saturated heterocycles. The van der Waals surface area contributed by atoms with Crippen LogP contribution in [0.4, 0.5) is 10.6 Å². The Morgan fingerprint density at radius 2 is 2.33 bits per heavy atom. The normalized spacial score (nSPS) is 9.42. The summed E-state index contributed by atoms with van der Waals surface area (Å²) in [5.41, 5.74) is 11.1. The molecule has 5 N–H and O–H groups in total. The number of pyridine rings is 1. The number of rotatable bonds is 2. The number of carbonyl (C=O) groups excluding carboxylic acids is 1. The smallest absolute Gasteiger partial charge is 0.317 e. The Kier molecular flexibility index (Phi) is 2.60. The number of nitrogens with one attached hydrogen (secondary N) is 1. The molecule has 1 heterocycles. The van der Waals surface area contributed by atoms with Crippen LogP contribution in [0.15, 0.2) is 18.3 Å². The summed E-state index contributed by atoms with van der Waals surface area (Å²) >= 11 is 0. The van der Waals surface area contributed by atoms with Gasteiger partial charge in [0.05, 0.1) is 0 Å². The molecule has 0 aliphatic heterocycles. The molecule has 0 aliphatic carbocycles. The van der Waals surface area contributed by atoms with E-state index in [1.165, 1.54) is 0 Å². The molecule has 0 radical (unpaired) electrons. The van der Waals surface area contributed by atoms with E-state index in [0.717, 1.165) is 5.56 Å². The van der Waals surface area contributed by atoms with Crippen LogP contribution in [-0.2, 0) is 6.54 Å². The Hall–Kier alpha value is -1.62. The van der Waals surface area contributed by atoms with Crippen LogP contribution in [0.25, 0.3) is 0 Å². The third-order valence-corrected chi connectivity index (χ3v) is 1.31. The first-order valence-corrected chi connectivity index (χ1v) is 3.44. The van der Waals surface area contributed by atoms with Crippen molar-refractivity contribution in [3.8, 4) is 0 Å². The summed E-state index contributed by atoms with van der Waals surface area (Å²) < 4.78 is 0. The van der Waals surface area contributed by atoms with E-state index >= 15 is 0 Å². The van der Waals surface area contributed by atoms with E-state index in [-0.39, 0.29) is 0 Å². The summed E-state index contributed by atoms with van der Waals surface area (Å²) in [7, 11) is 0. The lowest BCUT2D eigenvalue weighted by Gasteiger charge is -2.00. The van der Waals surface area contributed by atoms with E-state index < -0.39 is 6.03 Å². The molecule has 12 heavy (non-hydrogen) atoms. The summed E-state index contributed by atoms with van der Waals surface area (Å²) in [6, 6.07) is 2.80. The van der Waals surface area contributed by atoms with Crippen LogP contribution in [0, 0.1) is 0 Å². The first-order valence-electron chi connectivity index (χ1n) is 3.44. The number of hydrogen-bond acceptors (Lipinski definition) is 3. The second-order valence-electron chi connectivity index (χ2n) is 2.25. The molecular formula is C7H10N4O. The highest BCUT2D eigenvalue weighted by Crippen LogP contribution is 2.03. The molecule has 5 nitrogen and oxygen atoms in total. The highest BCUT2D eigenvalue weighted by molar-refractivity contribution is 5.86. The van der Waals surface area contributed by atoms with Crippen molar-refractivity contribution in [1.82, 2.24) is 4.98 Å². The van der Waals surface area contributed by atoms with Crippen LogP contribution in [0.3, 0.4) is 0 Å².